The fourth-order valence-corrected chi connectivity index (χ4v) is 1.46. The highest BCUT2D eigenvalue weighted by Crippen LogP contribution is 2.20. The normalized spacial score (nSPS) is 9.62. The molecule has 0 radical (unpaired) electrons. The van der Waals surface area contributed by atoms with E-state index >= 15 is 0 Å². The molecule has 0 unspecified atom stereocenters. The summed E-state index contributed by atoms with van der Waals surface area (Å²) < 4.78 is 13.4. The standard InChI is InChI=1S/C11H10ClFN2O/c1-15(7-3-6-14)11(16)10-8(12)4-2-5-9(10)13/h2,4-5H,3,7H2,1H3. The maximum absolute atomic E-state index is 13.4. The van der Waals surface area contributed by atoms with E-state index in [0.29, 0.717) is 0 Å². The van der Waals surface area contributed by atoms with E-state index in [1.807, 2.05) is 6.07 Å². The molecule has 1 rings (SSSR count). The molecule has 16 heavy (non-hydrogen) atoms. The van der Waals surface area contributed by atoms with Crippen molar-refractivity contribution in [1.29, 1.82) is 5.26 Å². The number of amides is 1. The maximum atomic E-state index is 13.4. The van der Waals surface area contributed by atoms with Gasteiger partial charge in [-0.3, -0.25) is 4.79 Å². The number of nitrogens with zero attached hydrogens (tertiary/aromatic N) is 2. The number of hydrogen-bond donors (Lipinski definition) is 0. The lowest BCUT2D eigenvalue weighted by Crippen LogP contribution is -2.28. The Labute approximate surface area is 98.0 Å². The van der Waals surface area contributed by atoms with Gasteiger partial charge in [-0.2, -0.15) is 5.26 Å². The molecule has 0 saturated carbocycles. The minimum Gasteiger partial charge on any atom is -0.341 e. The van der Waals surface area contributed by atoms with Crippen LogP contribution in [-0.2, 0) is 0 Å². The average Bonchev–Trinajstić information content (AvgIpc) is 2.25. The molecule has 5 heteroatoms. The molecule has 0 heterocycles. The molecule has 1 amide bonds. The molecule has 0 fully saturated rings. The van der Waals surface area contributed by atoms with E-state index in [9.17, 15) is 9.18 Å². The number of rotatable bonds is 3. The molecule has 0 atom stereocenters. The Kier molecular flexibility index (Phi) is 4.27. The van der Waals surface area contributed by atoms with Crippen LogP contribution >= 0.6 is 11.6 Å². The largest absolute Gasteiger partial charge is 0.341 e. The molecule has 0 bridgehead atoms. The Bertz CT molecular complexity index is 422. The van der Waals surface area contributed by atoms with Gasteiger partial charge in [-0.25, -0.2) is 4.39 Å². The van der Waals surface area contributed by atoms with E-state index in [2.05, 4.69) is 0 Å². The first-order valence-corrected chi connectivity index (χ1v) is 5.02. The van der Waals surface area contributed by atoms with Crippen molar-refractivity contribution in [3.8, 4) is 6.07 Å². The molecule has 0 aromatic heterocycles. The topological polar surface area (TPSA) is 44.1 Å². The Hall–Kier alpha value is -1.60. The summed E-state index contributed by atoms with van der Waals surface area (Å²) >= 11 is 5.75. The number of carbonyl (C=O) groups excluding carboxylic acids is 1. The summed E-state index contributed by atoms with van der Waals surface area (Å²) in [7, 11) is 1.50. The Morgan fingerprint density at radius 1 is 1.62 bits per heavy atom. The molecule has 0 saturated heterocycles. The summed E-state index contributed by atoms with van der Waals surface area (Å²) in [6, 6.07) is 5.98. The van der Waals surface area contributed by atoms with Crippen molar-refractivity contribution in [2.75, 3.05) is 13.6 Å². The van der Waals surface area contributed by atoms with E-state index in [4.69, 9.17) is 16.9 Å². The second-order valence-corrected chi connectivity index (χ2v) is 3.64. The highest BCUT2D eigenvalue weighted by Gasteiger charge is 2.18. The zero-order valence-electron chi connectivity index (χ0n) is 8.70. The number of halogens is 2. The molecular weight excluding hydrogens is 231 g/mol. The van der Waals surface area contributed by atoms with Crippen molar-refractivity contribution in [1.82, 2.24) is 4.90 Å². The van der Waals surface area contributed by atoms with Crippen molar-refractivity contribution in [2.24, 2.45) is 0 Å². The predicted molar refractivity (Wildman–Crippen MR) is 58.6 cm³/mol. The Balaban J connectivity index is 2.93. The van der Waals surface area contributed by atoms with Crippen molar-refractivity contribution in [3.05, 3.63) is 34.6 Å². The highest BCUT2D eigenvalue weighted by molar-refractivity contribution is 6.33. The number of nitriles is 1. The fraction of sp³-hybridized carbons (Fsp3) is 0.273. The molecule has 3 nitrogen and oxygen atoms in total. The van der Waals surface area contributed by atoms with Crippen LogP contribution in [0.1, 0.15) is 16.8 Å². The van der Waals surface area contributed by atoms with Gasteiger partial charge in [0.1, 0.15) is 5.82 Å². The second kappa shape index (κ2) is 5.47. The van der Waals surface area contributed by atoms with Crippen LogP contribution in [0.25, 0.3) is 0 Å². The summed E-state index contributed by atoms with van der Waals surface area (Å²) in [6.07, 6.45) is 0.203. The highest BCUT2D eigenvalue weighted by atomic mass is 35.5. The lowest BCUT2D eigenvalue weighted by atomic mass is 10.2. The number of carbonyl (C=O) groups is 1. The van der Waals surface area contributed by atoms with E-state index < -0.39 is 11.7 Å². The van der Waals surface area contributed by atoms with Crippen LogP contribution in [0.15, 0.2) is 18.2 Å². The summed E-state index contributed by atoms with van der Waals surface area (Å²) in [4.78, 5) is 13.1. The van der Waals surface area contributed by atoms with E-state index in [1.54, 1.807) is 0 Å². The lowest BCUT2D eigenvalue weighted by Gasteiger charge is -2.16. The summed E-state index contributed by atoms with van der Waals surface area (Å²) in [6.45, 7) is 0.250. The first-order chi connectivity index (χ1) is 7.57. The summed E-state index contributed by atoms with van der Waals surface area (Å²) in [5.41, 5.74) is -0.149. The third-order valence-corrected chi connectivity index (χ3v) is 2.40. The van der Waals surface area contributed by atoms with Crippen LogP contribution in [0.2, 0.25) is 5.02 Å². The molecule has 1 aromatic rings. The van der Waals surface area contributed by atoms with Gasteiger partial charge in [0.25, 0.3) is 5.91 Å². The van der Waals surface area contributed by atoms with Crippen LogP contribution < -0.4 is 0 Å². The predicted octanol–water partition coefficient (Wildman–Crippen LogP) is 2.46. The molecule has 0 aliphatic rings. The first-order valence-electron chi connectivity index (χ1n) is 4.64. The quantitative estimate of drug-likeness (QED) is 0.815. The molecule has 0 N–H and O–H groups in total. The van der Waals surface area contributed by atoms with E-state index in [1.165, 1.54) is 30.1 Å². The van der Waals surface area contributed by atoms with Gasteiger partial charge in [-0.1, -0.05) is 17.7 Å². The third kappa shape index (κ3) is 2.71. The molecule has 0 aliphatic heterocycles. The van der Waals surface area contributed by atoms with Crippen LogP contribution in [0, 0.1) is 17.1 Å². The van der Waals surface area contributed by atoms with Crippen LogP contribution in [-0.4, -0.2) is 24.4 Å². The Morgan fingerprint density at radius 2 is 2.31 bits per heavy atom. The van der Waals surface area contributed by atoms with Gasteiger partial charge in [0.2, 0.25) is 0 Å². The van der Waals surface area contributed by atoms with Crippen LogP contribution in [0.4, 0.5) is 4.39 Å². The average molecular weight is 241 g/mol. The zero-order valence-corrected chi connectivity index (χ0v) is 9.46. The van der Waals surface area contributed by atoms with Gasteiger partial charge < -0.3 is 4.90 Å². The smallest absolute Gasteiger partial charge is 0.258 e. The van der Waals surface area contributed by atoms with Crippen molar-refractivity contribution >= 4 is 17.5 Å². The maximum Gasteiger partial charge on any atom is 0.258 e. The minimum atomic E-state index is -0.652. The van der Waals surface area contributed by atoms with Gasteiger partial charge in [0.05, 0.1) is 23.1 Å². The van der Waals surface area contributed by atoms with Gasteiger partial charge in [0.15, 0.2) is 0 Å². The SMILES string of the molecule is CN(CCC#N)C(=O)c1c(F)cccc1Cl. The van der Waals surface area contributed by atoms with Gasteiger partial charge in [0, 0.05) is 13.6 Å². The molecule has 0 spiro atoms. The first kappa shape index (κ1) is 12.5. The van der Waals surface area contributed by atoms with E-state index in [-0.39, 0.29) is 23.6 Å². The van der Waals surface area contributed by atoms with Crippen molar-refractivity contribution in [2.45, 2.75) is 6.42 Å². The zero-order chi connectivity index (χ0) is 12.1. The van der Waals surface area contributed by atoms with Crippen LogP contribution in [0.5, 0.6) is 0 Å². The van der Waals surface area contributed by atoms with Gasteiger partial charge in [-0.15, -0.1) is 0 Å². The van der Waals surface area contributed by atoms with E-state index in [0.717, 1.165) is 0 Å². The minimum absolute atomic E-state index is 0.0776. The molecule has 1 aromatic carbocycles. The van der Waals surface area contributed by atoms with Crippen molar-refractivity contribution in [3.63, 3.8) is 0 Å². The lowest BCUT2D eigenvalue weighted by molar-refractivity contribution is 0.0793. The van der Waals surface area contributed by atoms with Gasteiger partial charge >= 0.3 is 0 Å². The van der Waals surface area contributed by atoms with Crippen LogP contribution in [0.3, 0.4) is 0 Å². The second-order valence-electron chi connectivity index (χ2n) is 3.23. The molecule has 84 valence electrons. The van der Waals surface area contributed by atoms with Crippen molar-refractivity contribution < 1.29 is 9.18 Å². The third-order valence-electron chi connectivity index (χ3n) is 2.08. The summed E-state index contributed by atoms with van der Waals surface area (Å²) in [5, 5.41) is 8.47. The fourth-order valence-electron chi connectivity index (χ4n) is 1.21. The molecule has 0 aliphatic carbocycles. The number of benzene rings is 1. The molecular formula is C11H10ClFN2O. The van der Waals surface area contributed by atoms with Gasteiger partial charge in [-0.05, 0) is 12.1 Å². The summed E-state index contributed by atoms with van der Waals surface area (Å²) in [5.74, 6) is -1.17. The number of hydrogen-bond acceptors (Lipinski definition) is 2. The monoisotopic (exact) mass is 240 g/mol. The Morgan fingerprint density at radius 3 is 2.88 bits per heavy atom.